The van der Waals surface area contributed by atoms with Gasteiger partial charge in [0, 0.05) is 6.42 Å². The Morgan fingerprint density at radius 3 is 1.45 bits per heavy atom. The summed E-state index contributed by atoms with van der Waals surface area (Å²) in [6.07, 6.45) is 24.7. The van der Waals surface area contributed by atoms with E-state index in [0.29, 0.717) is 12.8 Å². The van der Waals surface area contributed by atoms with E-state index >= 15 is 0 Å². The van der Waals surface area contributed by atoms with Gasteiger partial charge in [0.05, 0.1) is 25.4 Å². The normalized spacial score (nSPS) is 21.4. The molecule has 1 rings (SSSR count). The van der Waals surface area contributed by atoms with E-state index in [4.69, 9.17) is 9.47 Å². The fourth-order valence-electron chi connectivity index (χ4n) is 8.08. The highest BCUT2D eigenvalue weighted by molar-refractivity contribution is 5.76. The molecule has 1 aliphatic rings. The lowest BCUT2D eigenvalue weighted by Gasteiger charge is -2.40. The molecule has 0 bridgehead atoms. The highest BCUT2D eigenvalue weighted by atomic mass is 16.7. The first-order valence-corrected chi connectivity index (χ1v) is 24.5. The minimum Gasteiger partial charge on any atom is -0.394 e. The fourth-order valence-corrected chi connectivity index (χ4v) is 8.08. The van der Waals surface area contributed by atoms with Crippen LogP contribution in [0.2, 0.25) is 0 Å². The van der Waals surface area contributed by atoms with Gasteiger partial charge < -0.3 is 50.3 Å². The Morgan fingerprint density at radius 2 is 1.00 bits per heavy atom. The summed E-state index contributed by atoms with van der Waals surface area (Å²) in [5, 5.41) is 65.5. The maximum absolute atomic E-state index is 13.1. The number of unbranched alkanes of at least 4 members (excludes halogenated alkanes) is 24. The van der Waals surface area contributed by atoms with Gasteiger partial charge >= 0.3 is 0 Å². The second-order valence-electron chi connectivity index (χ2n) is 17.5. The standard InChI is InChI=1S/C47H94N2O9/c1-4-7-10-13-14-15-16-17-18-19-20-22-27-32-40(51)43(53)39(38-57-47-46(56)45(55)44(54)41(37-50)58-47)48-42(52)33-28-23-21-26-31-36-49(34-29-24-11-8-5-2)35-30-25-12-9-6-3/h39-41,43-47,50-51,53-56H,4-38H2,1-3H3,(H,48,52)/t39-,40+,41+,43-,44-,45-,46+,47-/m0/s1. The second-order valence-corrected chi connectivity index (χ2v) is 17.5. The first-order valence-electron chi connectivity index (χ1n) is 24.5. The van der Waals surface area contributed by atoms with Gasteiger partial charge in [-0.2, -0.15) is 0 Å². The zero-order valence-electron chi connectivity index (χ0n) is 37.7. The molecule has 0 radical (unpaired) electrons. The van der Waals surface area contributed by atoms with E-state index < -0.39 is 55.6 Å². The Kier molecular flexibility index (Phi) is 36.0. The van der Waals surface area contributed by atoms with Crippen molar-refractivity contribution in [2.75, 3.05) is 32.8 Å². The monoisotopic (exact) mass is 831 g/mol. The number of aliphatic hydroxyl groups excluding tert-OH is 6. The molecule has 1 saturated heterocycles. The van der Waals surface area contributed by atoms with Crippen molar-refractivity contribution in [3.05, 3.63) is 0 Å². The van der Waals surface area contributed by atoms with Crippen LogP contribution in [0.4, 0.5) is 0 Å². The van der Waals surface area contributed by atoms with Crippen LogP contribution in [-0.2, 0) is 14.3 Å². The molecular weight excluding hydrogens is 737 g/mol. The molecule has 8 atom stereocenters. The van der Waals surface area contributed by atoms with E-state index in [1.165, 1.54) is 135 Å². The van der Waals surface area contributed by atoms with Crippen LogP contribution >= 0.6 is 0 Å². The van der Waals surface area contributed by atoms with E-state index in [1.807, 2.05) is 0 Å². The third-order valence-corrected chi connectivity index (χ3v) is 12.1. The average molecular weight is 831 g/mol. The van der Waals surface area contributed by atoms with Gasteiger partial charge in [0.25, 0.3) is 0 Å². The second kappa shape index (κ2) is 37.8. The van der Waals surface area contributed by atoms with Crippen LogP contribution in [0, 0.1) is 0 Å². The smallest absolute Gasteiger partial charge is 0.220 e. The van der Waals surface area contributed by atoms with Gasteiger partial charge in [-0.25, -0.2) is 0 Å². The van der Waals surface area contributed by atoms with Crippen LogP contribution in [0.25, 0.3) is 0 Å². The minimum absolute atomic E-state index is 0.257. The van der Waals surface area contributed by atoms with Gasteiger partial charge in [-0.15, -0.1) is 0 Å². The molecule has 0 aromatic carbocycles. The van der Waals surface area contributed by atoms with Gasteiger partial charge in [-0.05, 0) is 51.7 Å². The Balaban J connectivity index is 2.54. The largest absolute Gasteiger partial charge is 0.394 e. The number of carbonyl (C=O) groups excluding carboxylic acids is 1. The van der Waals surface area contributed by atoms with Crippen LogP contribution < -0.4 is 5.32 Å². The molecule has 7 N–H and O–H groups in total. The molecule has 0 spiro atoms. The van der Waals surface area contributed by atoms with Crippen LogP contribution in [0.15, 0.2) is 0 Å². The molecular formula is C47H94N2O9. The van der Waals surface area contributed by atoms with Crippen molar-refractivity contribution in [1.82, 2.24) is 10.2 Å². The third kappa shape index (κ3) is 27.1. The third-order valence-electron chi connectivity index (χ3n) is 12.1. The number of aliphatic hydroxyl groups is 6. The van der Waals surface area contributed by atoms with Crippen molar-refractivity contribution in [2.24, 2.45) is 0 Å². The molecule has 0 saturated carbocycles. The number of nitrogens with zero attached hydrogens (tertiary/aromatic N) is 1. The van der Waals surface area contributed by atoms with Crippen molar-refractivity contribution in [3.63, 3.8) is 0 Å². The van der Waals surface area contributed by atoms with Crippen LogP contribution in [-0.4, -0.2) is 123 Å². The number of hydrogen-bond donors (Lipinski definition) is 7. The molecule has 11 nitrogen and oxygen atoms in total. The van der Waals surface area contributed by atoms with Gasteiger partial charge in [-0.1, -0.05) is 175 Å². The zero-order chi connectivity index (χ0) is 42.6. The summed E-state index contributed by atoms with van der Waals surface area (Å²) < 4.78 is 11.2. The average Bonchev–Trinajstić information content (AvgIpc) is 3.22. The summed E-state index contributed by atoms with van der Waals surface area (Å²) in [5.41, 5.74) is 0. The van der Waals surface area contributed by atoms with E-state index in [-0.39, 0.29) is 18.9 Å². The molecule has 1 heterocycles. The molecule has 1 fully saturated rings. The lowest BCUT2D eigenvalue weighted by molar-refractivity contribution is -0.303. The lowest BCUT2D eigenvalue weighted by Crippen LogP contribution is -2.60. The maximum Gasteiger partial charge on any atom is 0.220 e. The van der Waals surface area contributed by atoms with E-state index in [9.17, 15) is 35.4 Å². The van der Waals surface area contributed by atoms with Crippen molar-refractivity contribution >= 4 is 5.91 Å². The van der Waals surface area contributed by atoms with Crippen molar-refractivity contribution in [1.29, 1.82) is 0 Å². The summed E-state index contributed by atoms with van der Waals surface area (Å²) in [7, 11) is 0. The number of hydrogen-bond acceptors (Lipinski definition) is 10. The van der Waals surface area contributed by atoms with Gasteiger partial charge in [0.1, 0.15) is 30.5 Å². The number of nitrogens with one attached hydrogen (secondary N) is 1. The van der Waals surface area contributed by atoms with Crippen molar-refractivity contribution in [3.8, 4) is 0 Å². The van der Waals surface area contributed by atoms with Crippen LogP contribution in [0.5, 0.6) is 0 Å². The van der Waals surface area contributed by atoms with E-state index in [2.05, 4.69) is 31.0 Å². The zero-order valence-corrected chi connectivity index (χ0v) is 37.7. The first kappa shape index (κ1) is 55.1. The quantitative estimate of drug-likeness (QED) is 0.0299. The summed E-state index contributed by atoms with van der Waals surface area (Å²) in [6, 6.07) is -0.994. The predicted octanol–water partition coefficient (Wildman–Crippen LogP) is 8.07. The molecule has 346 valence electrons. The molecule has 0 unspecified atom stereocenters. The topological polar surface area (TPSA) is 172 Å². The number of carbonyl (C=O) groups is 1. The number of ether oxygens (including phenoxy) is 2. The van der Waals surface area contributed by atoms with Crippen LogP contribution in [0.1, 0.15) is 213 Å². The van der Waals surface area contributed by atoms with E-state index in [1.54, 1.807) is 0 Å². The molecule has 58 heavy (non-hydrogen) atoms. The number of amides is 1. The first-order chi connectivity index (χ1) is 28.2. The van der Waals surface area contributed by atoms with E-state index in [0.717, 1.165) is 57.9 Å². The van der Waals surface area contributed by atoms with Gasteiger partial charge in [-0.3, -0.25) is 4.79 Å². The Labute approximate surface area is 355 Å². The molecule has 0 aliphatic carbocycles. The van der Waals surface area contributed by atoms with Crippen molar-refractivity contribution < 1.29 is 44.9 Å². The highest BCUT2D eigenvalue weighted by Crippen LogP contribution is 2.23. The highest BCUT2D eigenvalue weighted by Gasteiger charge is 2.44. The lowest BCUT2D eigenvalue weighted by atomic mass is 9.98. The van der Waals surface area contributed by atoms with Gasteiger partial charge in [0.15, 0.2) is 6.29 Å². The Bertz CT molecular complexity index is 901. The molecule has 11 heteroatoms. The summed E-state index contributed by atoms with van der Waals surface area (Å²) in [5.74, 6) is -0.257. The van der Waals surface area contributed by atoms with Gasteiger partial charge in [0.2, 0.25) is 5.91 Å². The Morgan fingerprint density at radius 1 is 0.586 bits per heavy atom. The summed E-state index contributed by atoms with van der Waals surface area (Å²) in [6.45, 7) is 9.39. The summed E-state index contributed by atoms with van der Waals surface area (Å²) in [4.78, 5) is 15.8. The predicted molar refractivity (Wildman–Crippen MR) is 236 cm³/mol. The maximum atomic E-state index is 13.1. The summed E-state index contributed by atoms with van der Waals surface area (Å²) >= 11 is 0. The van der Waals surface area contributed by atoms with Crippen LogP contribution in [0.3, 0.4) is 0 Å². The molecule has 0 aromatic rings. The fraction of sp³-hybridized carbons (Fsp3) is 0.979. The van der Waals surface area contributed by atoms with Crippen molar-refractivity contribution in [2.45, 2.75) is 262 Å². The molecule has 1 aliphatic heterocycles. The molecule has 0 aromatic heterocycles. The minimum atomic E-state index is -1.61. The molecule has 1 amide bonds. The Hall–Kier alpha value is -0.890. The SMILES string of the molecule is CCCCCCCCCCCCCCC[C@@H](O)[C@@H](O)[C@H](CO[C@H]1O[C@H](CO)[C@H](O)[C@H](O)[C@H]1O)NC(=O)CCCCCCCN(CCCCCCC)CCCCCCC. The number of rotatable bonds is 41.